The molecule has 0 aliphatic rings. The first-order valence-electron chi connectivity index (χ1n) is 8.02. The number of hydrogen-bond acceptors (Lipinski definition) is 4. The summed E-state index contributed by atoms with van der Waals surface area (Å²) < 4.78 is 10.2. The molecule has 0 heterocycles. The molecule has 0 saturated carbocycles. The molecule has 0 aliphatic carbocycles. The van der Waals surface area contributed by atoms with Crippen molar-refractivity contribution < 1.29 is 19.1 Å². The average Bonchev–Trinajstić information content (AvgIpc) is 2.58. The molecule has 0 atom stereocenters. The number of rotatable bonds is 8. The maximum absolute atomic E-state index is 11.5. The Kier molecular flexibility index (Phi) is 8.13. The van der Waals surface area contributed by atoms with E-state index in [2.05, 4.69) is 19.2 Å². The highest BCUT2D eigenvalue weighted by atomic mass is 16.5. The van der Waals surface area contributed by atoms with E-state index in [1.165, 1.54) is 0 Å². The number of esters is 2. The molecule has 0 aromatic heterocycles. The number of carbonyl (C=O) groups is 2. The van der Waals surface area contributed by atoms with Gasteiger partial charge in [-0.25, -0.2) is 9.59 Å². The number of allylic oxidation sites excluding steroid dienone is 3. The Balaban J connectivity index is 2.77. The molecule has 1 aromatic carbocycles. The highest BCUT2D eigenvalue weighted by Gasteiger charge is 2.06. The van der Waals surface area contributed by atoms with E-state index in [0.717, 1.165) is 17.6 Å². The van der Waals surface area contributed by atoms with Gasteiger partial charge in [0.25, 0.3) is 0 Å². The van der Waals surface area contributed by atoms with Crippen LogP contribution in [0.25, 0.3) is 5.57 Å². The zero-order valence-corrected chi connectivity index (χ0v) is 15.0. The van der Waals surface area contributed by atoms with E-state index in [0.29, 0.717) is 16.9 Å². The predicted octanol–water partition coefficient (Wildman–Crippen LogP) is 4.64. The van der Waals surface area contributed by atoms with E-state index < -0.39 is 11.9 Å². The third-order valence-corrected chi connectivity index (χ3v) is 3.13. The van der Waals surface area contributed by atoms with Gasteiger partial charge in [-0.05, 0) is 49.6 Å². The minimum atomic E-state index is -0.448. The van der Waals surface area contributed by atoms with Crippen molar-refractivity contribution in [1.29, 1.82) is 0 Å². The fourth-order valence-corrected chi connectivity index (χ4v) is 1.83. The summed E-state index contributed by atoms with van der Waals surface area (Å²) in [5.41, 5.74) is 2.69. The first-order chi connectivity index (χ1) is 11.8. The normalized spacial score (nSPS) is 11.2. The Hall–Kier alpha value is -2.88. The molecule has 0 N–H and O–H groups in total. The van der Waals surface area contributed by atoms with E-state index >= 15 is 0 Å². The lowest BCUT2D eigenvalue weighted by molar-refractivity contribution is -0.137. The Labute approximate surface area is 149 Å². The van der Waals surface area contributed by atoms with Crippen LogP contribution in [0.3, 0.4) is 0 Å². The minimum Gasteiger partial charge on any atom is -0.458 e. The molecule has 0 bridgehead atoms. The molecule has 1 rings (SSSR count). The lowest BCUT2D eigenvalue weighted by Gasteiger charge is -2.07. The molecular weight excluding hydrogens is 316 g/mol. The van der Waals surface area contributed by atoms with Gasteiger partial charge in [0.05, 0.1) is 0 Å². The monoisotopic (exact) mass is 340 g/mol. The molecule has 0 spiro atoms. The molecule has 0 aliphatic heterocycles. The number of carbonyl (C=O) groups excluding carboxylic acids is 2. The fourth-order valence-electron chi connectivity index (χ4n) is 1.83. The quantitative estimate of drug-likeness (QED) is 0.299. The van der Waals surface area contributed by atoms with Crippen molar-refractivity contribution in [3.8, 4) is 5.75 Å². The third kappa shape index (κ3) is 7.04. The minimum absolute atomic E-state index is 0.182. The van der Waals surface area contributed by atoms with Crippen LogP contribution in [0.5, 0.6) is 5.75 Å². The fraction of sp³-hybridized carbons (Fsp3) is 0.238. The first kappa shape index (κ1) is 20.2. The third-order valence-electron chi connectivity index (χ3n) is 3.13. The van der Waals surface area contributed by atoms with Crippen molar-refractivity contribution in [3.63, 3.8) is 0 Å². The zero-order chi connectivity index (χ0) is 18.8. The SMILES string of the molecule is C=C(C)C(=O)OC/C=C\C(=C/CC)c1ccc(OC(=O)C(=C)C)cc1. The molecule has 0 radical (unpaired) electrons. The van der Waals surface area contributed by atoms with Gasteiger partial charge in [0.1, 0.15) is 12.4 Å². The van der Waals surface area contributed by atoms with Crippen molar-refractivity contribution in [3.05, 3.63) is 72.4 Å². The molecule has 25 heavy (non-hydrogen) atoms. The van der Waals surface area contributed by atoms with Crippen molar-refractivity contribution in [2.24, 2.45) is 0 Å². The highest BCUT2D eigenvalue weighted by molar-refractivity contribution is 5.89. The summed E-state index contributed by atoms with van der Waals surface area (Å²) in [7, 11) is 0. The van der Waals surface area contributed by atoms with Crippen LogP contribution in [0.15, 0.2) is 66.8 Å². The topological polar surface area (TPSA) is 52.6 Å². The van der Waals surface area contributed by atoms with Crippen molar-refractivity contribution in [2.75, 3.05) is 6.61 Å². The Bertz CT molecular complexity index is 706. The first-order valence-corrected chi connectivity index (χ1v) is 8.02. The molecule has 132 valence electrons. The summed E-state index contributed by atoms with van der Waals surface area (Å²) in [6.45, 7) is 12.5. The van der Waals surface area contributed by atoms with Gasteiger partial charge in [-0.1, -0.05) is 44.4 Å². The van der Waals surface area contributed by atoms with E-state index in [-0.39, 0.29) is 6.61 Å². The van der Waals surface area contributed by atoms with Crippen molar-refractivity contribution in [2.45, 2.75) is 27.2 Å². The summed E-state index contributed by atoms with van der Waals surface area (Å²) >= 11 is 0. The lowest BCUT2D eigenvalue weighted by Crippen LogP contribution is -2.07. The van der Waals surface area contributed by atoms with Gasteiger partial charge in [-0.2, -0.15) is 0 Å². The van der Waals surface area contributed by atoms with Gasteiger partial charge < -0.3 is 9.47 Å². The second kappa shape index (κ2) is 10.1. The van der Waals surface area contributed by atoms with Crippen LogP contribution in [0.2, 0.25) is 0 Å². The molecular formula is C21H24O4. The summed E-state index contributed by atoms with van der Waals surface area (Å²) in [6.07, 6.45) is 6.59. The van der Waals surface area contributed by atoms with Gasteiger partial charge in [0.2, 0.25) is 0 Å². The summed E-state index contributed by atoms with van der Waals surface area (Å²) in [6, 6.07) is 7.20. The predicted molar refractivity (Wildman–Crippen MR) is 100 cm³/mol. The molecule has 0 amide bonds. The molecule has 0 saturated heterocycles. The second-order valence-electron chi connectivity index (χ2n) is 5.54. The maximum atomic E-state index is 11.5. The van der Waals surface area contributed by atoms with Crippen LogP contribution < -0.4 is 4.74 Å². The van der Waals surface area contributed by atoms with Crippen LogP contribution in [0, 0.1) is 0 Å². The highest BCUT2D eigenvalue weighted by Crippen LogP contribution is 2.21. The largest absolute Gasteiger partial charge is 0.458 e. The van der Waals surface area contributed by atoms with E-state index in [1.54, 1.807) is 32.1 Å². The Morgan fingerprint density at radius 3 is 2.16 bits per heavy atom. The van der Waals surface area contributed by atoms with Crippen LogP contribution in [-0.4, -0.2) is 18.5 Å². The van der Waals surface area contributed by atoms with Gasteiger partial charge in [0, 0.05) is 11.1 Å². The van der Waals surface area contributed by atoms with Crippen LogP contribution in [-0.2, 0) is 14.3 Å². The van der Waals surface area contributed by atoms with Gasteiger partial charge in [-0.15, -0.1) is 0 Å². The number of hydrogen-bond donors (Lipinski definition) is 0. The van der Waals surface area contributed by atoms with E-state index in [1.807, 2.05) is 25.1 Å². The average molecular weight is 340 g/mol. The number of ether oxygens (including phenoxy) is 2. The van der Waals surface area contributed by atoms with Gasteiger partial charge in [-0.3, -0.25) is 0 Å². The van der Waals surface area contributed by atoms with Crippen LogP contribution in [0.1, 0.15) is 32.8 Å². The van der Waals surface area contributed by atoms with Crippen molar-refractivity contribution >= 4 is 17.5 Å². The van der Waals surface area contributed by atoms with E-state index in [9.17, 15) is 9.59 Å². The smallest absolute Gasteiger partial charge is 0.338 e. The lowest BCUT2D eigenvalue weighted by atomic mass is 10.0. The summed E-state index contributed by atoms with van der Waals surface area (Å²) in [5, 5.41) is 0. The van der Waals surface area contributed by atoms with E-state index in [4.69, 9.17) is 9.47 Å². The van der Waals surface area contributed by atoms with Crippen LogP contribution in [0.4, 0.5) is 0 Å². The van der Waals surface area contributed by atoms with Crippen molar-refractivity contribution in [1.82, 2.24) is 0 Å². The summed E-state index contributed by atoms with van der Waals surface area (Å²) in [5.74, 6) is -0.391. The standard InChI is InChI=1S/C21H24O4/c1-6-8-17(9-7-14-24-20(22)15(2)3)18-10-12-19(13-11-18)25-21(23)16(4)5/h7-13H,2,4,6,14H2,1,3,5H3/b9-7-,17-8+. The second-order valence-corrected chi connectivity index (χ2v) is 5.54. The summed E-state index contributed by atoms with van der Waals surface area (Å²) in [4.78, 5) is 22.9. The van der Waals surface area contributed by atoms with Gasteiger partial charge >= 0.3 is 11.9 Å². The van der Waals surface area contributed by atoms with Gasteiger partial charge in [0.15, 0.2) is 0 Å². The van der Waals surface area contributed by atoms with Crippen LogP contribution >= 0.6 is 0 Å². The zero-order valence-electron chi connectivity index (χ0n) is 15.0. The maximum Gasteiger partial charge on any atom is 0.338 e. The molecule has 4 nitrogen and oxygen atoms in total. The molecule has 1 aromatic rings. The Morgan fingerprint density at radius 2 is 1.64 bits per heavy atom. The number of benzene rings is 1. The molecule has 4 heteroatoms. The Morgan fingerprint density at radius 1 is 1.04 bits per heavy atom. The molecule has 0 unspecified atom stereocenters. The molecule has 0 fully saturated rings.